The molecule has 0 atom stereocenters. The van der Waals surface area contributed by atoms with Crippen LogP contribution < -0.4 is 4.80 Å². The van der Waals surface area contributed by atoms with Crippen molar-refractivity contribution in [2.24, 2.45) is 4.99 Å². The maximum atomic E-state index is 14.2. The molecule has 0 bridgehead atoms. The van der Waals surface area contributed by atoms with E-state index in [0.717, 1.165) is 4.70 Å². The standard InChI is InChI=1S/C18H16ClFN2O2S/c1-24-10-9-22-17-14(20)7-4-8-15(17)25-18(22)21-16(23)11-12-5-2-3-6-13(12)19/h2-8H,9-11H2,1H3. The van der Waals surface area contributed by atoms with E-state index < -0.39 is 0 Å². The van der Waals surface area contributed by atoms with E-state index in [-0.39, 0.29) is 18.1 Å². The summed E-state index contributed by atoms with van der Waals surface area (Å²) in [5, 5.41) is 0.528. The zero-order chi connectivity index (χ0) is 17.8. The van der Waals surface area contributed by atoms with E-state index >= 15 is 0 Å². The molecule has 130 valence electrons. The minimum Gasteiger partial charge on any atom is -0.383 e. The predicted octanol–water partition coefficient (Wildman–Crippen LogP) is 3.81. The molecule has 0 fully saturated rings. The van der Waals surface area contributed by atoms with Crippen LogP contribution in [0.5, 0.6) is 0 Å². The van der Waals surface area contributed by atoms with Gasteiger partial charge in [0.05, 0.1) is 23.2 Å². The summed E-state index contributed by atoms with van der Waals surface area (Å²) in [4.78, 5) is 17.0. The molecule has 0 spiro atoms. The molecule has 7 heteroatoms. The van der Waals surface area contributed by atoms with Crippen LogP contribution in [0.1, 0.15) is 5.56 Å². The third-order valence-electron chi connectivity index (χ3n) is 3.69. The highest BCUT2D eigenvalue weighted by Crippen LogP contribution is 2.20. The molecule has 1 aromatic heterocycles. The van der Waals surface area contributed by atoms with Crippen LogP contribution in [-0.2, 0) is 22.5 Å². The van der Waals surface area contributed by atoms with E-state index in [4.69, 9.17) is 16.3 Å². The third kappa shape index (κ3) is 3.98. The Bertz CT molecular complexity index is 981. The van der Waals surface area contributed by atoms with Gasteiger partial charge in [-0.25, -0.2) is 4.39 Å². The van der Waals surface area contributed by atoms with Crippen LogP contribution in [0.4, 0.5) is 4.39 Å². The topological polar surface area (TPSA) is 43.6 Å². The van der Waals surface area contributed by atoms with Crippen molar-refractivity contribution >= 4 is 39.1 Å². The summed E-state index contributed by atoms with van der Waals surface area (Å²) >= 11 is 7.37. The van der Waals surface area contributed by atoms with Crippen LogP contribution >= 0.6 is 22.9 Å². The summed E-state index contributed by atoms with van der Waals surface area (Å²) < 4.78 is 21.7. The monoisotopic (exact) mass is 378 g/mol. The van der Waals surface area contributed by atoms with Gasteiger partial charge in [0.1, 0.15) is 5.82 Å². The number of aromatic nitrogens is 1. The van der Waals surface area contributed by atoms with Crippen molar-refractivity contribution in [2.45, 2.75) is 13.0 Å². The maximum absolute atomic E-state index is 14.2. The molecular formula is C18H16ClFN2O2S. The molecule has 1 heterocycles. The van der Waals surface area contributed by atoms with Gasteiger partial charge in [-0.05, 0) is 23.8 Å². The number of halogens is 2. The van der Waals surface area contributed by atoms with Gasteiger partial charge < -0.3 is 9.30 Å². The van der Waals surface area contributed by atoms with Gasteiger partial charge in [-0.1, -0.05) is 47.2 Å². The molecular weight excluding hydrogens is 363 g/mol. The fourth-order valence-electron chi connectivity index (χ4n) is 2.51. The number of para-hydroxylation sites is 1. The first-order valence-corrected chi connectivity index (χ1v) is 8.87. The van der Waals surface area contributed by atoms with Gasteiger partial charge in [0.2, 0.25) is 0 Å². The van der Waals surface area contributed by atoms with Crippen molar-refractivity contribution in [1.29, 1.82) is 0 Å². The normalized spacial score (nSPS) is 12.0. The van der Waals surface area contributed by atoms with Crippen molar-refractivity contribution in [2.75, 3.05) is 13.7 Å². The van der Waals surface area contributed by atoms with E-state index in [1.165, 1.54) is 17.4 Å². The van der Waals surface area contributed by atoms with Crippen molar-refractivity contribution < 1.29 is 13.9 Å². The largest absolute Gasteiger partial charge is 0.383 e. The molecule has 0 saturated heterocycles. The third-order valence-corrected chi connectivity index (χ3v) is 5.10. The molecule has 25 heavy (non-hydrogen) atoms. The summed E-state index contributed by atoms with van der Waals surface area (Å²) in [5.74, 6) is -0.670. The summed E-state index contributed by atoms with van der Waals surface area (Å²) in [7, 11) is 1.57. The molecule has 1 amide bonds. The molecule has 0 saturated carbocycles. The Balaban J connectivity index is 2.01. The Hall–Kier alpha value is -2.02. The van der Waals surface area contributed by atoms with E-state index in [9.17, 15) is 9.18 Å². The lowest BCUT2D eigenvalue weighted by Gasteiger charge is -2.05. The van der Waals surface area contributed by atoms with E-state index in [0.29, 0.717) is 34.1 Å². The number of benzene rings is 2. The number of thiazole rings is 1. The Morgan fingerprint density at radius 2 is 2.08 bits per heavy atom. The number of carbonyl (C=O) groups is 1. The van der Waals surface area contributed by atoms with Crippen molar-refractivity contribution in [1.82, 2.24) is 4.57 Å². The molecule has 0 radical (unpaired) electrons. The maximum Gasteiger partial charge on any atom is 0.252 e. The van der Waals surface area contributed by atoms with Crippen molar-refractivity contribution in [3.05, 3.63) is 63.7 Å². The fourth-order valence-corrected chi connectivity index (χ4v) is 3.80. The zero-order valence-electron chi connectivity index (χ0n) is 13.5. The lowest BCUT2D eigenvalue weighted by atomic mass is 10.1. The summed E-state index contributed by atoms with van der Waals surface area (Å²) in [5.41, 5.74) is 1.16. The summed E-state index contributed by atoms with van der Waals surface area (Å²) in [6, 6.07) is 12.0. The number of carbonyl (C=O) groups excluding carboxylic acids is 1. The van der Waals surface area contributed by atoms with Gasteiger partial charge in [0.15, 0.2) is 4.80 Å². The van der Waals surface area contributed by atoms with Crippen molar-refractivity contribution in [3.63, 3.8) is 0 Å². The van der Waals surface area contributed by atoms with Crippen LogP contribution in [0.2, 0.25) is 5.02 Å². The lowest BCUT2D eigenvalue weighted by Crippen LogP contribution is -2.20. The Morgan fingerprint density at radius 1 is 1.28 bits per heavy atom. The van der Waals surface area contributed by atoms with Crippen LogP contribution in [0, 0.1) is 5.82 Å². The quantitative estimate of drug-likeness (QED) is 0.677. The number of methoxy groups -OCH3 is 1. The fraction of sp³-hybridized carbons (Fsp3) is 0.222. The number of fused-ring (bicyclic) bond motifs is 1. The Kier molecular flexibility index (Phi) is 5.63. The molecule has 0 aliphatic heterocycles. The molecule has 2 aromatic carbocycles. The number of ether oxygens (including phenoxy) is 1. The second-order valence-electron chi connectivity index (χ2n) is 5.39. The van der Waals surface area contributed by atoms with Crippen LogP contribution in [0.15, 0.2) is 47.5 Å². The van der Waals surface area contributed by atoms with Gasteiger partial charge in [-0.15, -0.1) is 0 Å². The molecule has 4 nitrogen and oxygen atoms in total. The minimum atomic E-state index is -0.343. The van der Waals surface area contributed by atoms with Crippen LogP contribution in [-0.4, -0.2) is 24.2 Å². The van der Waals surface area contributed by atoms with Gasteiger partial charge in [-0.2, -0.15) is 4.99 Å². The smallest absolute Gasteiger partial charge is 0.252 e. The SMILES string of the molecule is COCCn1c(=NC(=O)Cc2ccccc2Cl)sc2cccc(F)c21. The Morgan fingerprint density at radius 3 is 2.84 bits per heavy atom. The first-order chi connectivity index (χ1) is 12.1. The number of amides is 1. The molecule has 0 N–H and O–H groups in total. The number of hydrogen-bond donors (Lipinski definition) is 0. The van der Waals surface area contributed by atoms with Crippen molar-refractivity contribution in [3.8, 4) is 0 Å². The van der Waals surface area contributed by atoms with Crippen LogP contribution in [0.25, 0.3) is 10.2 Å². The lowest BCUT2D eigenvalue weighted by molar-refractivity contribution is -0.117. The minimum absolute atomic E-state index is 0.0979. The highest BCUT2D eigenvalue weighted by molar-refractivity contribution is 7.16. The summed E-state index contributed by atoms with van der Waals surface area (Å²) in [6.45, 7) is 0.807. The second kappa shape index (κ2) is 7.91. The Labute approximate surface area is 153 Å². The van der Waals surface area contributed by atoms with E-state index in [2.05, 4.69) is 4.99 Å². The van der Waals surface area contributed by atoms with E-state index in [1.807, 2.05) is 12.1 Å². The second-order valence-corrected chi connectivity index (χ2v) is 6.81. The van der Waals surface area contributed by atoms with Gasteiger partial charge in [0, 0.05) is 18.7 Å². The van der Waals surface area contributed by atoms with E-state index in [1.54, 1.807) is 35.9 Å². The molecule has 0 unspecified atom stereocenters. The molecule has 0 aliphatic rings. The average Bonchev–Trinajstić information content (AvgIpc) is 2.93. The number of rotatable bonds is 5. The molecule has 3 aromatic rings. The van der Waals surface area contributed by atoms with Crippen LogP contribution in [0.3, 0.4) is 0 Å². The predicted molar refractivity (Wildman–Crippen MR) is 97.4 cm³/mol. The highest BCUT2D eigenvalue weighted by Gasteiger charge is 2.12. The average molecular weight is 379 g/mol. The van der Waals surface area contributed by atoms with Gasteiger partial charge >= 0.3 is 0 Å². The van der Waals surface area contributed by atoms with Gasteiger partial charge in [-0.3, -0.25) is 4.79 Å². The summed E-state index contributed by atoms with van der Waals surface area (Å²) in [6.07, 6.45) is 0.0979. The first-order valence-electron chi connectivity index (χ1n) is 7.68. The molecule has 0 aliphatic carbocycles. The zero-order valence-corrected chi connectivity index (χ0v) is 15.1. The number of hydrogen-bond acceptors (Lipinski definition) is 3. The van der Waals surface area contributed by atoms with Gasteiger partial charge in [0.25, 0.3) is 5.91 Å². The highest BCUT2D eigenvalue weighted by atomic mass is 35.5. The first kappa shape index (κ1) is 17.8. The molecule has 3 rings (SSSR count). The number of nitrogens with zero attached hydrogens (tertiary/aromatic N) is 2.